The van der Waals surface area contributed by atoms with Gasteiger partial charge in [-0.15, -0.1) is 0 Å². The van der Waals surface area contributed by atoms with Crippen LogP contribution in [-0.4, -0.2) is 17.8 Å². The van der Waals surface area contributed by atoms with Gasteiger partial charge in [0.1, 0.15) is 18.5 Å². The van der Waals surface area contributed by atoms with Gasteiger partial charge >= 0.3 is 0 Å². The standard InChI is InChI=1S/C9H9F2NO2/c10-4-1-5-8(13)7(12)3-14-9(5)6(11)2-4/h1-2,7-8,13H,3,12H2. The van der Waals surface area contributed by atoms with E-state index in [1.807, 2.05) is 0 Å². The molecule has 2 rings (SSSR count). The van der Waals surface area contributed by atoms with Gasteiger partial charge in [0, 0.05) is 11.6 Å². The highest BCUT2D eigenvalue weighted by Gasteiger charge is 2.29. The Kier molecular flexibility index (Phi) is 2.13. The summed E-state index contributed by atoms with van der Waals surface area (Å²) in [6.45, 7) is 0.0245. The van der Waals surface area contributed by atoms with Crippen LogP contribution in [-0.2, 0) is 0 Å². The molecular formula is C9H9F2NO2. The molecule has 1 heterocycles. The Bertz CT molecular complexity index is 370. The van der Waals surface area contributed by atoms with E-state index < -0.39 is 23.8 Å². The molecule has 76 valence electrons. The summed E-state index contributed by atoms with van der Waals surface area (Å²) in [5, 5.41) is 9.54. The van der Waals surface area contributed by atoms with Crippen LogP contribution in [0.5, 0.6) is 5.75 Å². The average Bonchev–Trinajstić information content (AvgIpc) is 2.12. The molecule has 0 radical (unpaired) electrons. The van der Waals surface area contributed by atoms with E-state index >= 15 is 0 Å². The molecule has 0 saturated carbocycles. The molecule has 14 heavy (non-hydrogen) atoms. The van der Waals surface area contributed by atoms with E-state index in [0.717, 1.165) is 6.07 Å². The summed E-state index contributed by atoms with van der Waals surface area (Å²) in [6, 6.07) is 1.09. The predicted molar refractivity (Wildman–Crippen MR) is 44.8 cm³/mol. The third-order valence-corrected chi connectivity index (χ3v) is 2.18. The second kappa shape index (κ2) is 3.18. The van der Waals surface area contributed by atoms with Crippen molar-refractivity contribution < 1.29 is 18.6 Å². The first-order chi connectivity index (χ1) is 6.59. The van der Waals surface area contributed by atoms with Gasteiger partial charge in [-0.2, -0.15) is 0 Å². The van der Waals surface area contributed by atoms with Gasteiger partial charge in [0.25, 0.3) is 0 Å². The summed E-state index contributed by atoms with van der Waals surface area (Å²) in [4.78, 5) is 0. The first-order valence-electron chi connectivity index (χ1n) is 4.15. The molecule has 0 amide bonds. The number of hydrogen-bond donors (Lipinski definition) is 2. The zero-order valence-corrected chi connectivity index (χ0v) is 7.21. The van der Waals surface area contributed by atoms with Crippen LogP contribution < -0.4 is 10.5 Å². The van der Waals surface area contributed by atoms with E-state index in [2.05, 4.69) is 0 Å². The van der Waals surface area contributed by atoms with Crippen molar-refractivity contribution in [1.29, 1.82) is 0 Å². The topological polar surface area (TPSA) is 55.5 Å². The van der Waals surface area contributed by atoms with Crippen LogP contribution in [0.25, 0.3) is 0 Å². The van der Waals surface area contributed by atoms with E-state index in [-0.39, 0.29) is 17.9 Å². The minimum Gasteiger partial charge on any atom is -0.488 e. The maximum atomic E-state index is 13.1. The third kappa shape index (κ3) is 1.34. The van der Waals surface area contributed by atoms with Crippen molar-refractivity contribution in [3.05, 3.63) is 29.3 Å². The molecule has 1 aromatic carbocycles. The molecule has 0 fully saturated rings. The molecule has 3 N–H and O–H groups in total. The number of fused-ring (bicyclic) bond motifs is 1. The quantitative estimate of drug-likeness (QED) is 0.650. The van der Waals surface area contributed by atoms with Gasteiger partial charge < -0.3 is 15.6 Å². The van der Waals surface area contributed by atoms with Crippen LogP contribution in [0.2, 0.25) is 0 Å². The van der Waals surface area contributed by atoms with Crippen LogP contribution in [0, 0.1) is 11.6 Å². The monoisotopic (exact) mass is 201 g/mol. The maximum absolute atomic E-state index is 13.1. The highest BCUT2D eigenvalue weighted by molar-refractivity contribution is 5.39. The summed E-state index contributed by atoms with van der Waals surface area (Å²) in [7, 11) is 0. The number of hydrogen-bond acceptors (Lipinski definition) is 3. The van der Waals surface area contributed by atoms with E-state index in [4.69, 9.17) is 10.5 Å². The molecule has 0 aliphatic carbocycles. The van der Waals surface area contributed by atoms with Crippen molar-refractivity contribution >= 4 is 0 Å². The number of ether oxygens (including phenoxy) is 1. The molecule has 0 spiro atoms. The first kappa shape index (κ1) is 9.36. The van der Waals surface area contributed by atoms with Gasteiger partial charge in [-0.1, -0.05) is 0 Å². The number of nitrogens with two attached hydrogens (primary N) is 1. The van der Waals surface area contributed by atoms with E-state index in [1.165, 1.54) is 0 Å². The maximum Gasteiger partial charge on any atom is 0.168 e. The zero-order valence-electron chi connectivity index (χ0n) is 7.21. The Hall–Kier alpha value is -1.20. The molecule has 2 atom stereocenters. The van der Waals surface area contributed by atoms with E-state index in [9.17, 15) is 13.9 Å². The summed E-state index contributed by atoms with van der Waals surface area (Å²) < 4.78 is 30.9. The molecule has 0 bridgehead atoms. The van der Waals surface area contributed by atoms with Gasteiger partial charge in [0.05, 0.1) is 6.04 Å². The smallest absolute Gasteiger partial charge is 0.168 e. The Morgan fingerprint density at radius 2 is 2.14 bits per heavy atom. The predicted octanol–water partition coefficient (Wildman–Crippen LogP) is 0.718. The highest BCUT2D eigenvalue weighted by atomic mass is 19.1. The van der Waals surface area contributed by atoms with Crippen LogP contribution in [0.15, 0.2) is 12.1 Å². The Balaban J connectivity index is 2.54. The van der Waals surface area contributed by atoms with Crippen LogP contribution >= 0.6 is 0 Å². The number of aliphatic hydroxyl groups excluding tert-OH is 1. The Morgan fingerprint density at radius 1 is 1.43 bits per heavy atom. The first-order valence-corrected chi connectivity index (χ1v) is 4.15. The fraction of sp³-hybridized carbons (Fsp3) is 0.333. The molecule has 1 aliphatic heterocycles. The van der Waals surface area contributed by atoms with Crippen LogP contribution in [0.3, 0.4) is 0 Å². The lowest BCUT2D eigenvalue weighted by molar-refractivity contribution is 0.0880. The van der Waals surface area contributed by atoms with Crippen molar-refractivity contribution in [2.24, 2.45) is 5.73 Å². The van der Waals surface area contributed by atoms with Gasteiger partial charge in [0.15, 0.2) is 11.6 Å². The second-order valence-electron chi connectivity index (χ2n) is 3.23. The fourth-order valence-electron chi connectivity index (χ4n) is 1.45. The Morgan fingerprint density at radius 3 is 2.86 bits per heavy atom. The lowest BCUT2D eigenvalue weighted by atomic mass is 9.99. The number of halogens is 2. The normalized spacial score (nSPS) is 25.4. The molecule has 0 aromatic heterocycles. The largest absolute Gasteiger partial charge is 0.488 e. The Labute approximate surface area is 79.1 Å². The fourth-order valence-corrected chi connectivity index (χ4v) is 1.45. The third-order valence-electron chi connectivity index (χ3n) is 2.18. The minimum absolute atomic E-state index is 0.0245. The van der Waals surface area contributed by atoms with Crippen LogP contribution in [0.1, 0.15) is 11.7 Å². The minimum atomic E-state index is -1.08. The average molecular weight is 201 g/mol. The zero-order chi connectivity index (χ0) is 10.3. The summed E-state index contributed by atoms with van der Waals surface area (Å²) >= 11 is 0. The van der Waals surface area contributed by atoms with Crippen molar-refractivity contribution in [3.8, 4) is 5.75 Å². The van der Waals surface area contributed by atoms with Gasteiger partial charge in [-0.05, 0) is 6.07 Å². The van der Waals surface area contributed by atoms with Crippen molar-refractivity contribution in [2.75, 3.05) is 6.61 Å². The molecule has 2 unspecified atom stereocenters. The lowest BCUT2D eigenvalue weighted by Crippen LogP contribution is -2.38. The van der Waals surface area contributed by atoms with Crippen molar-refractivity contribution in [2.45, 2.75) is 12.1 Å². The van der Waals surface area contributed by atoms with Gasteiger partial charge in [-0.3, -0.25) is 0 Å². The summed E-state index contributed by atoms with van der Waals surface area (Å²) in [6.07, 6.45) is -1.08. The van der Waals surface area contributed by atoms with Crippen molar-refractivity contribution in [3.63, 3.8) is 0 Å². The van der Waals surface area contributed by atoms with Gasteiger partial charge in [-0.25, -0.2) is 8.78 Å². The lowest BCUT2D eigenvalue weighted by Gasteiger charge is -2.27. The highest BCUT2D eigenvalue weighted by Crippen LogP contribution is 2.34. The van der Waals surface area contributed by atoms with E-state index in [1.54, 1.807) is 0 Å². The van der Waals surface area contributed by atoms with Crippen LogP contribution in [0.4, 0.5) is 8.78 Å². The molecule has 3 nitrogen and oxygen atoms in total. The molecule has 1 aromatic rings. The number of aliphatic hydroxyl groups is 1. The SMILES string of the molecule is NC1COc2c(F)cc(F)cc2C1O. The van der Waals surface area contributed by atoms with E-state index in [0.29, 0.717) is 6.07 Å². The molecule has 0 saturated heterocycles. The van der Waals surface area contributed by atoms with Gasteiger partial charge in [0.2, 0.25) is 0 Å². The second-order valence-corrected chi connectivity index (χ2v) is 3.23. The number of benzene rings is 1. The van der Waals surface area contributed by atoms with Crippen molar-refractivity contribution in [1.82, 2.24) is 0 Å². The number of rotatable bonds is 0. The molecular weight excluding hydrogens is 192 g/mol. The summed E-state index contributed by atoms with van der Waals surface area (Å²) in [5.41, 5.74) is 5.54. The summed E-state index contributed by atoms with van der Waals surface area (Å²) in [5.74, 6) is -1.68. The molecule has 5 heteroatoms. The molecule has 1 aliphatic rings.